The summed E-state index contributed by atoms with van der Waals surface area (Å²) in [5.74, 6) is -0.618. The van der Waals surface area contributed by atoms with Crippen LogP contribution < -0.4 is 20.3 Å². The molecule has 1 unspecified atom stereocenters. The van der Waals surface area contributed by atoms with Crippen LogP contribution in [0.25, 0.3) is 0 Å². The fraction of sp³-hybridized carbons (Fsp3) is 0.300. The zero-order chi connectivity index (χ0) is 22.4. The molecule has 31 heavy (non-hydrogen) atoms. The minimum atomic E-state index is -3.78. The number of hydrazine groups is 1. The van der Waals surface area contributed by atoms with Crippen molar-refractivity contribution in [1.29, 1.82) is 0 Å². The van der Waals surface area contributed by atoms with Crippen molar-refractivity contribution < 1.29 is 31.9 Å². The third-order valence-corrected chi connectivity index (χ3v) is 6.40. The number of benzene rings is 2. The second kappa shape index (κ2) is 9.75. The van der Waals surface area contributed by atoms with Crippen LogP contribution in [0.2, 0.25) is 0 Å². The van der Waals surface area contributed by atoms with Gasteiger partial charge in [0.1, 0.15) is 12.4 Å². The zero-order valence-electron chi connectivity index (χ0n) is 16.7. The third-order valence-electron chi connectivity index (χ3n) is 4.52. The molecule has 1 aliphatic heterocycles. The number of ether oxygens (including phenoxy) is 2. The van der Waals surface area contributed by atoms with Gasteiger partial charge in [-0.25, -0.2) is 17.1 Å². The maximum Gasteiger partial charge on any atom is 0.283 e. The molecule has 2 N–H and O–H groups in total. The fourth-order valence-corrected chi connectivity index (χ4v) is 4.00. The van der Waals surface area contributed by atoms with E-state index in [1.165, 1.54) is 19.2 Å². The number of hydrogen-bond donors (Lipinski definition) is 2. The lowest BCUT2D eigenvalue weighted by Crippen LogP contribution is -2.50. The van der Waals surface area contributed by atoms with E-state index in [9.17, 15) is 22.4 Å². The molecule has 3 rings (SSSR count). The summed E-state index contributed by atoms with van der Waals surface area (Å²) in [4.78, 5) is 24.1. The van der Waals surface area contributed by atoms with E-state index in [0.29, 0.717) is 11.5 Å². The Morgan fingerprint density at radius 3 is 2.48 bits per heavy atom. The molecule has 1 atom stereocenters. The summed E-state index contributed by atoms with van der Waals surface area (Å²) in [6.07, 6.45) is -0.717. The first-order valence-corrected chi connectivity index (χ1v) is 10.9. The Kier molecular flexibility index (Phi) is 7.08. The van der Waals surface area contributed by atoms with Gasteiger partial charge in [0, 0.05) is 20.0 Å². The highest BCUT2D eigenvalue weighted by atomic mass is 32.2. The summed E-state index contributed by atoms with van der Waals surface area (Å²) in [7, 11) is -2.41. The lowest BCUT2D eigenvalue weighted by atomic mass is 10.2. The van der Waals surface area contributed by atoms with Crippen LogP contribution in [0.4, 0.5) is 4.39 Å². The molecule has 0 spiro atoms. The van der Waals surface area contributed by atoms with Gasteiger partial charge in [-0.3, -0.25) is 20.4 Å². The Labute approximate surface area is 179 Å². The molecular formula is C20H22FN3O6S. The molecular weight excluding hydrogens is 429 g/mol. The van der Waals surface area contributed by atoms with Gasteiger partial charge in [0.05, 0.1) is 4.90 Å². The van der Waals surface area contributed by atoms with E-state index in [0.717, 1.165) is 16.4 Å². The van der Waals surface area contributed by atoms with Gasteiger partial charge < -0.3 is 9.47 Å². The number of nitrogens with zero attached hydrogens (tertiary/aromatic N) is 1. The summed E-state index contributed by atoms with van der Waals surface area (Å²) in [5, 5.41) is 0. The Morgan fingerprint density at radius 2 is 1.77 bits per heavy atom. The molecule has 0 saturated carbocycles. The molecule has 1 aliphatic rings. The molecule has 0 aliphatic carbocycles. The van der Waals surface area contributed by atoms with Gasteiger partial charge in [-0.15, -0.1) is 0 Å². The number of carbonyl (C=O) groups is 2. The smallest absolute Gasteiger partial charge is 0.283 e. The average Bonchev–Trinajstić information content (AvgIpc) is 2.77. The number of halogens is 1. The topological polar surface area (TPSA) is 114 Å². The number of rotatable bonds is 7. The second-order valence-corrected chi connectivity index (χ2v) is 8.83. The van der Waals surface area contributed by atoms with Crippen LogP contribution in [0, 0.1) is 5.82 Å². The number of para-hydroxylation sites is 2. The predicted octanol–water partition coefficient (Wildman–Crippen LogP) is 1.21. The summed E-state index contributed by atoms with van der Waals surface area (Å²) in [5.41, 5.74) is 4.54. The van der Waals surface area contributed by atoms with Crippen molar-refractivity contribution in [1.82, 2.24) is 15.2 Å². The molecule has 0 bridgehead atoms. The third kappa shape index (κ3) is 5.70. The molecule has 11 heteroatoms. The second-order valence-electron chi connectivity index (χ2n) is 6.79. The minimum Gasteiger partial charge on any atom is -0.485 e. The number of amides is 2. The van der Waals surface area contributed by atoms with Crippen molar-refractivity contribution in [2.24, 2.45) is 0 Å². The standard InChI is InChI=1S/C20H22FN3O6S/c1-24(31(27,28)15-10-8-14(21)9-11-15)12-4-7-19(25)22-23-20(26)18-13-29-16-5-2-3-6-17(16)30-18/h2-3,5-6,8-11,18H,4,7,12-13H2,1H3,(H,22,25)(H,23,26). The Bertz CT molecular complexity index is 1050. The largest absolute Gasteiger partial charge is 0.485 e. The predicted molar refractivity (Wildman–Crippen MR) is 108 cm³/mol. The molecule has 2 amide bonds. The van der Waals surface area contributed by atoms with Gasteiger partial charge >= 0.3 is 0 Å². The van der Waals surface area contributed by atoms with Crippen LogP contribution >= 0.6 is 0 Å². The molecule has 2 aromatic carbocycles. The lowest BCUT2D eigenvalue weighted by molar-refractivity contribution is -0.135. The van der Waals surface area contributed by atoms with Gasteiger partial charge in [-0.1, -0.05) is 12.1 Å². The highest BCUT2D eigenvalue weighted by molar-refractivity contribution is 7.89. The van der Waals surface area contributed by atoms with Crippen LogP contribution in [0.5, 0.6) is 11.5 Å². The van der Waals surface area contributed by atoms with E-state index in [2.05, 4.69) is 10.9 Å². The quantitative estimate of drug-likeness (QED) is 0.612. The minimum absolute atomic E-state index is 0.00472. The first-order valence-electron chi connectivity index (χ1n) is 9.46. The van der Waals surface area contributed by atoms with Gasteiger partial charge in [-0.05, 0) is 42.8 Å². The summed E-state index contributed by atoms with van der Waals surface area (Å²) < 4.78 is 49.9. The van der Waals surface area contributed by atoms with Crippen molar-refractivity contribution in [3.05, 3.63) is 54.3 Å². The summed E-state index contributed by atoms with van der Waals surface area (Å²) in [6.45, 7) is 0.0716. The van der Waals surface area contributed by atoms with Crippen molar-refractivity contribution in [3.63, 3.8) is 0 Å². The molecule has 0 saturated heterocycles. The van der Waals surface area contributed by atoms with Crippen molar-refractivity contribution in [2.45, 2.75) is 23.8 Å². The number of fused-ring (bicyclic) bond motifs is 1. The van der Waals surface area contributed by atoms with Crippen LogP contribution in [0.3, 0.4) is 0 Å². The first kappa shape index (κ1) is 22.5. The normalized spacial score (nSPS) is 15.4. The van der Waals surface area contributed by atoms with Gasteiger partial charge in [0.25, 0.3) is 5.91 Å². The van der Waals surface area contributed by atoms with E-state index >= 15 is 0 Å². The van der Waals surface area contributed by atoms with Gasteiger partial charge in [0.15, 0.2) is 11.5 Å². The average molecular weight is 451 g/mol. The van der Waals surface area contributed by atoms with Gasteiger partial charge in [0.2, 0.25) is 22.0 Å². The number of carbonyl (C=O) groups excluding carboxylic acids is 2. The zero-order valence-corrected chi connectivity index (χ0v) is 17.5. The molecule has 9 nitrogen and oxygen atoms in total. The Balaban J connectivity index is 1.40. The van der Waals surface area contributed by atoms with Crippen LogP contribution in [0.15, 0.2) is 53.4 Å². The van der Waals surface area contributed by atoms with Crippen molar-refractivity contribution in [3.8, 4) is 11.5 Å². The highest BCUT2D eigenvalue weighted by Crippen LogP contribution is 2.30. The lowest BCUT2D eigenvalue weighted by Gasteiger charge is -2.25. The number of sulfonamides is 1. The van der Waals surface area contributed by atoms with E-state index in [1.54, 1.807) is 24.3 Å². The number of hydrogen-bond acceptors (Lipinski definition) is 6. The van der Waals surface area contributed by atoms with E-state index in [1.807, 2.05) is 0 Å². The highest BCUT2D eigenvalue weighted by Gasteiger charge is 2.27. The van der Waals surface area contributed by atoms with E-state index in [-0.39, 0.29) is 30.9 Å². The van der Waals surface area contributed by atoms with Crippen LogP contribution in [-0.4, -0.2) is 50.8 Å². The molecule has 0 fully saturated rings. The summed E-state index contributed by atoms with van der Waals surface area (Å²) in [6, 6.07) is 11.4. The monoisotopic (exact) mass is 451 g/mol. The van der Waals surface area contributed by atoms with E-state index in [4.69, 9.17) is 9.47 Å². The molecule has 1 heterocycles. The van der Waals surface area contributed by atoms with Crippen LogP contribution in [-0.2, 0) is 19.6 Å². The molecule has 0 aromatic heterocycles. The first-order chi connectivity index (χ1) is 14.8. The Morgan fingerprint density at radius 1 is 1.10 bits per heavy atom. The number of nitrogens with one attached hydrogen (secondary N) is 2. The Hall–Kier alpha value is -3.18. The maximum absolute atomic E-state index is 13.0. The fourth-order valence-electron chi connectivity index (χ4n) is 2.79. The maximum atomic E-state index is 13.0. The summed E-state index contributed by atoms with van der Waals surface area (Å²) >= 11 is 0. The SMILES string of the molecule is CN(CCCC(=O)NNC(=O)C1COc2ccccc2O1)S(=O)(=O)c1ccc(F)cc1. The van der Waals surface area contributed by atoms with Gasteiger partial charge in [-0.2, -0.15) is 0 Å². The van der Waals surface area contributed by atoms with Crippen LogP contribution in [0.1, 0.15) is 12.8 Å². The van der Waals surface area contributed by atoms with Crippen molar-refractivity contribution in [2.75, 3.05) is 20.2 Å². The van der Waals surface area contributed by atoms with Crippen molar-refractivity contribution >= 4 is 21.8 Å². The van der Waals surface area contributed by atoms with E-state index < -0.39 is 33.8 Å². The molecule has 2 aromatic rings. The molecule has 0 radical (unpaired) electrons. The molecule has 166 valence electrons.